The van der Waals surface area contributed by atoms with Crippen molar-refractivity contribution in [2.24, 2.45) is 0 Å². The lowest BCUT2D eigenvalue weighted by Crippen LogP contribution is -2.16. The molecule has 14 heavy (non-hydrogen) atoms. The fourth-order valence-corrected chi connectivity index (χ4v) is 2.30. The van der Waals surface area contributed by atoms with Crippen molar-refractivity contribution >= 4 is 8.07 Å². The molecule has 80 valence electrons. The highest BCUT2D eigenvalue weighted by Gasteiger charge is 2.56. The van der Waals surface area contributed by atoms with Gasteiger partial charge in [0.05, 0.1) is 14.7 Å². The van der Waals surface area contributed by atoms with Crippen LogP contribution in [-0.2, 0) is 9.47 Å². The molecule has 0 aromatic rings. The Morgan fingerprint density at radius 2 is 1.93 bits per heavy atom. The zero-order valence-electron chi connectivity index (χ0n) is 8.93. The van der Waals surface area contributed by atoms with Crippen LogP contribution < -0.4 is 0 Å². The topological polar surface area (TPSA) is 45.3 Å². The Morgan fingerprint density at radius 3 is 2.43 bits per heavy atom. The monoisotopic (exact) mass is 214 g/mol. The molecule has 2 aliphatic heterocycles. The summed E-state index contributed by atoms with van der Waals surface area (Å²) in [7, 11) is -1.10. The number of aliphatic hydroxyl groups is 1. The lowest BCUT2D eigenvalue weighted by molar-refractivity contribution is 0.240. The fourth-order valence-electron chi connectivity index (χ4n) is 1.53. The van der Waals surface area contributed by atoms with E-state index in [-0.39, 0.29) is 31.0 Å². The molecule has 0 amide bonds. The first-order valence-corrected chi connectivity index (χ1v) is 8.70. The Hall–Kier alpha value is -0.163. The van der Waals surface area contributed by atoms with Gasteiger partial charge in [-0.3, -0.25) is 0 Å². The van der Waals surface area contributed by atoms with E-state index < -0.39 is 8.07 Å². The molecular weight excluding hydrogens is 196 g/mol. The molecule has 4 heteroatoms. The van der Waals surface area contributed by atoms with Crippen molar-refractivity contribution in [3.8, 4) is 0 Å². The van der Waals surface area contributed by atoms with Gasteiger partial charge < -0.3 is 14.6 Å². The lowest BCUT2D eigenvalue weighted by Gasteiger charge is -2.06. The summed E-state index contributed by atoms with van der Waals surface area (Å²) in [5, 5.41) is 8.81. The van der Waals surface area contributed by atoms with E-state index >= 15 is 0 Å². The van der Waals surface area contributed by atoms with Gasteiger partial charge in [-0.05, 0) is 0 Å². The van der Waals surface area contributed by atoms with Crippen LogP contribution in [0.3, 0.4) is 0 Å². The Balaban J connectivity index is 1.75. The highest BCUT2D eigenvalue weighted by molar-refractivity contribution is 6.80. The minimum Gasteiger partial charge on any atom is -0.394 e. The van der Waals surface area contributed by atoms with Crippen molar-refractivity contribution in [1.29, 1.82) is 0 Å². The molecule has 3 nitrogen and oxygen atoms in total. The molecule has 0 spiro atoms. The molecule has 4 atom stereocenters. The molecule has 2 aliphatic rings. The highest BCUT2D eigenvalue weighted by Crippen LogP contribution is 2.39. The van der Waals surface area contributed by atoms with E-state index in [1.807, 2.05) is 0 Å². The van der Waals surface area contributed by atoms with Crippen LogP contribution in [0.2, 0.25) is 19.6 Å². The Labute approximate surface area is 85.7 Å². The highest BCUT2D eigenvalue weighted by atomic mass is 28.3. The van der Waals surface area contributed by atoms with Crippen LogP contribution in [0.4, 0.5) is 0 Å². The van der Waals surface area contributed by atoms with E-state index in [9.17, 15) is 0 Å². The first kappa shape index (κ1) is 10.4. The molecule has 2 saturated heterocycles. The van der Waals surface area contributed by atoms with E-state index in [1.54, 1.807) is 0 Å². The minimum absolute atomic E-state index is 0.0327. The van der Waals surface area contributed by atoms with E-state index in [0.29, 0.717) is 0 Å². The first-order chi connectivity index (χ1) is 6.51. The smallest absolute Gasteiger partial charge is 0.117 e. The molecule has 1 N–H and O–H groups in total. The Kier molecular flexibility index (Phi) is 2.55. The largest absolute Gasteiger partial charge is 0.394 e. The number of rotatable bonds is 4. The maximum Gasteiger partial charge on any atom is 0.117 e. The normalized spacial score (nSPS) is 41.7. The number of hydrogen-bond acceptors (Lipinski definition) is 3. The molecule has 0 aliphatic carbocycles. The maximum absolute atomic E-state index is 8.81. The van der Waals surface area contributed by atoms with E-state index in [4.69, 9.17) is 14.6 Å². The number of ether oxygens (including phenoxy) is 2. The van der Waals surface area contributed by atoms with Gasteiger partial charge in [0.15, 0.2) is 0 Å². The van der Waals surface area contributed by atoms with Crippen molar-refractivity contribution in [1.82, 2.24) is 0 Å². The predicted octanol–water partition coefficient (Wildman–Crippen LogP) is 0.947. The third kappa shape index (κ3) is 2.45. The Morgan fingerprint density at radius 1 is 1.21 bits per heavy atom. The molecule has 2 fully saturated rings. The van der Waals surface area contributed by atoms with E-state index in [0.717, 1.165) is 0 Å². The fraction of sp³-hybridized carbons (Fsp3) is 0.800. The van der Waals surface area contributed by atoms with Gasteiger partial charge in [0.2, 0.25) is 0 Å². The summed E-state index contributed by atoms with van der Waals surface area (Å²) in [5.41, 5.74) is 2.30. The first-order valence-electron chi connectivity index (χ1n) is 5.12. The van der Waals surface area contributed by atoms with Gasteiger partial charge in [0.25, 0.3) is 0 Å². The zero-order valence-corrected chi connectivity index (χ0v) is 9.93. The van der Waals surface area contributed by atoms with Gasteiger partial charge in [0.1, 0.15) is 24.4 Å². The third-order valence-corrected chi connectivity index (χ3v) is 3.67. The molecule has 2 heterocycles. The van der Waals surface area contributed by atoms with Crippen LogP contribution in [0.25, 0.3) is 0 Å². The van der Waals surface area contributed by atoms with Crippen LogP contribution in [-0.4, -0.2) is 44.2 Å². The lowest BCUT2D eigenvalue weighted by atomic mass is 10.2. The standard InChI is InChI=1S/C10H18O3Si/c1-14(2,3)5-4-7-9(12-7)10-8(6-11)13-10/h4-5,7-11H,6H2,1-3H3/b5-4+/t7-,8-,9+,10+/m1/s1. The average molecular weight is 214 g/mol. The Bertz CT molecular complexity index is 246. The minimum atomic E-state index is -1.10. The van der Waals surface area contributed by atoms with Gasteiger partial charge >= 0.3 is 0 Å². The molecule has 2 rings (SSSR count). The maximum atomic E-state index is 8.81. The summed E-state index contributed by atoms with van der Waals surface area (Å²) >= 11 is 0. The number of aliphatic hydroxyl groups excluding tert-OH is 1. The van der Waals surface area contributed by atoms with Crippen molar-refractivity contribution in [3.63, 3.8) is 0 Å². The van der Waals surface area contributed by atoms with E-state index in [1.165, 1.54) is 0 Å². The molecule has 0 unspecified atom stereocenters. The summed E-state index contributed by atoms with van der Waals surface area (Å²) in [6.45, 7) is 7.01. The number of epoxide rings is 2. The molecule has 0 aromatic carbocycles. The summed E-state index contributed by atoms with van der Waals surface area (Å²) < 4.78 is 10.7. The second-order valence-electron chi connectivity index (χ2n) is 5.11. The van der Waals surface area contributed by atoms with Gasteiger partial charge in [-0.25, -0.2) is 0 Å². The zero-order chi connectivity index (χ0) is 10.3. The van der Waals surface area contributed by atoms with Crippen LogP contribution in [0.5, 0.6) is 0 Å². The van der Waals surface area contributed by atoms with Gasteiger partial charge in [-0.2, -0.15) is 0 Å². The number of hydrogen-bond donors (Lipinski definition) is 1. The molecule has 0 aromatic heterocycles. The van der Waals surface area contributed by atoms with Crippen molar-refractivity contribution < 1.29 is 14.6 Å². The van der Waals surface area contributed by atoms with Crippen molar-refractivity contribution in [2.45, 2.75) is 44.1 Å². The third-order valence-electron chi connectivity index (χ3n) is 2.47. The van der Waals surface area contributed by atoms with Crippen molar-refractivity contribution in [3.05, 3.63) is 11.8 Å². The van der Waals surface area contributed by atoms with Gasteiger partial charge in [-0.1, -0.05) is 31.4 Å². The quantitative estimate of drug-likeness (QED) is 0.560. The second-order valence-corrected chi connectivity index (χ2v) is 10.2. The van der Waals surface area contributed by atoms with E-state index in [2.05, 4.69) is 31.4 Å². The SMILES string of the molecule is C[Si](C)(C)/C=C/[C@H]1O[C@@H]1[C@H]1O[C@@H]1CO. The molecule has 0 bridgehead atoms. The molecule has 0 saturated carbocycles. The predicted molar refractivity (Wildman–Crippen MR) is 56.9 cm³/mol. The van der Waals surface area contributed by atoms with Gasteiger partial charge in [0, 0.05) is 0 Å². The second kappa shape index (κ2) is 3.45. The van der Waals surface area contributed by atoms with Crippen molar-refractivity contribution in [2.75, 3.05) is 6.61 Å². The van der Waals surface area contributed by atoms with Gasteiger partial charge in [-0.15, -0.1) is 0 Å². The average Bonchev–Trinajstić information content (AvgIpc) is 2.95. The van der Waals surface area contributed by atoms with Crippen LogP contribution in [0.15, 0.2) is 11.8 Å². The summed E-state index contributed by atoms with van der Waals surface area (Å²) in [6.07, 6.45) is 2.79. The summed E-state index contributed by atoms with van der Waals surface area (Å²) in [4.78, 5) is 0. The van der Waals surface area contributed by atoms with Crippen LogP contribution in [0.1, 0.15) is 0 Å². The molecule has 0 radical (unpaired) electrons. The van der Waals surface area contributed by atoms with Crippen LogP contribution >= 0.6 is 0 Å². The van der Waals surface area contributed by atoms with Crippen LogP contribution in [0, 0.1) is 0 Å². The summed E-state index contributed by atoms with van der Waals surface area (Å²) in [6, 6.07) is 0. The molecular formula is C10H18O3Si. The summed E-state index contributed by atoms with van der Waals surface area (Å²) in [5.74, 6) is 0.